The maximum Gasteiger partial charge on any atom is 0.317 e. The summed E-state index contributed by atoms with van der Waals surface area (Å²) in [6, 6.07) is 5.57. The van der Waals surface area contributed by atoms with Gasteiger partial charge >= 0.3 is 6.03 Å². The maximum atomic E-state index is 12.2. The fraction of sp³-hybridized carbons (Fsp3) is 0.438. The third-order valence-corrected chi connectivity index (χ3v) is 4.90. The van der Waals surface area contributed by atoms with Gasteiger partial charge in [0.2, 0.25) is 5.91 Å². The van der Waals surface area contributed by atoms with Crippen LogP contribution < -0.4 is 10.6 Å². The van der Waals surface area contributed by atoms with Gasteiger partial charge in [0.25, 0.3) is 0 Å². The molecule has 7 nitrogen and oxygen atoms in total. The van der Waals surface area contributed by atoms with Crippen LogP contribution in [0.1, 0.15) is 23.5 Å². The van der Waals surface area contributed by atoms with Gasteiger partial charge in [0.15, 0.2) is 5.82 Å². The Morgan fingerprint density at radius 3 is 2.83 bits per heavy atom. The molecule has 128 valence electrons. The van der Waals surface area contributed by atoms with Crippen LogP contribution in [0, 0.1) is 12.8 Å². The summed E-state index contributed by atoms with van der Waals surface area (Å²) in [6.45, 7) is 3.47. The normalized spacial score (nSPS) is 15.3. The van der Waals surface area contributed by atoms with E-state index in [1.54, 1.807) is 29.2 Å². The lowest BCUT2D eigenvalue weighted by molar-refractivity contribution is -0.121. The first-order valence-electron chi connectivity index (χ1n) is 7.91. The topological polar surface area (TPSA) is 87.5 Å². The summed E-state index contributed by atoms with van der Waals surface area (Å²) in [7, 11) is 0. The van der Waals surface area contributed by atoms with Gasteiger partial charge in [-0.3, -0.25) is 4.79 Å². The number of nitrogens with zero attached hydrogens (tertiary/aromatic N) is 2. The van der Waals surface area contributed by atoms with Gasteiger partial charge in [-0.2, -0.15) is 0 Å². The van der Waals surface area contributed by atoms with E-state index in [4.69, 9.17) is 4.52 Å². The Bertz CT molecular complexity index is 690. The van der Waals surface area contributed by atoms with Crippen molar-refractivity contribution >= 4 is 29.1 Å². The molecule has 0 aromatic carbocycles. The average molecular weight is 348 g/mol. The van der Waals surface area contributed by atoms with Crippen LogP contribution in [0.4, 0.5) is 10.6 Å². The summed E-state index contributed by atoms with van der Waals surface area (Å²) in [6.07, 6.45) is 1.30. The number of piperidine rings is 1. The van der Waals surface area contributed by atoms with Crippen molar-refractivity contribution in [3.05, 3.63) is 34.2 Å². The van der Waals surface area contributed by atoms with E-state index in [1.165, 1.54) is 0 Å². The highest BCUT2D eigenvalue weighted by molar-refractivity contribution is 7.09. The zero-order valence-corrected chi connectivity index (χ0v) is 14.3. The van der Waals surface area contributed by atoms with E-state index in [0.717, 1.165) is 4.88 Å². The second kappa shape index (κ2) is 7.48. The molecular formula is C16H20N4O3S. The van der Waals surface area contributed by atoms with Crippen molar-refractivity contribution in [2.45, 2.75) is 26.3 Å². The van der Waals surface area contributed by atoms with E-state index in [-0.39, 0.29) is 17.9 Å². The molecule has 2 N–H and O–H groups in total. The van der Waals surface area contributed by atoms with E-state index in [0.29, 0.717) is 44.1 Å². The lowest BCUT2D eigenvalue weighted by Gasteiger charge is -2.31. The first kappa shape index (κ1) is 16.5. The van der Waals surface area contributed by atoms with Crippen molar-refractivity contribution in [1.29, 1.82) is 0 Å². The molecule has 0 aliphatic carbocycles. The number of hydrogen-bond donors (Lipinski definition) is 2. The fourth-order valence-corrected chi connectivity index (χ4v) is 3.33. The average Bonchev–Trinajstić information content (AvgIpc) is 3.24. The molecule has 0 radical (unpaired) electrons. The molecule has 0 spiro atoms. The predicted molar refractivity (Wildman–Crippen MR) is 90.7 cm³/mol. The molecule has 3 heterocycles. The minimum atomic E-state index is -0.108. The third-order valence-electron chi connectivity index (χ3n) is 4.03. The zero-order valence-electron chi connectivity index (χ0n) is 13.4. The monoisotopic (exact) mass is 348 g/mol. The van der Waals surface area contributed by atoms with Crippen LogP contribution in [0.2, 0.25) is 0 Å². The first-order chi connectivity index (χ1) is 11.6. The number of anilines is 1. The summed E-state index contributed by atoms with van der Waals surface area (Å²) in [4.78, 5) is 27.3. The number of carbonyl (C=O) groups is 2. The van der Waals surface area contributed by atoms with Gasteiger partial charge in [-0.05, 0) is 31.2 Å². The number of amides is 3. The number of nitrogens with one attached hydrogen (secondary N) is 2. The van der Waals surface area contributed by atoms with Gasteiger partial charge in [0.1, 0.15) is 5.76 Å². The van der Waals surface area contributed by atoms with Gasteiger partial charge < -0.3 is 20.1 Å². The van der Waals surface area contributed by atoms with Crippen LogP contribution in [0.25, 0.3) is 0 Å². The van der Waals surface area contributed by atoms with E-state index in [2.05, 4.69) is 15.8 Å². The van der Waals surface area contributed by atoms with Gasteiger partial charge in [-0.1, -0.05) is 11.2 Å². The summed E-state index contributed by atoms with van der Waals surface area (Å²) >= 11 is 1.62. The standard InChI is InChI=1S/C16H20N4O3S/c1-11-9-14(19-23-11)18-15(21)12-4-6-20(7-5-12)16(22)17-10-13-3-2-8-24-13/h2-3,8-9,12H,4-7,10H2,1H3,(H,17,22)(H,18,19,21). The van der Waals surface area contributed by atoms with E-state index in [9.17, 15) is 9.59 Å². The smallest absolute Gasteiger partial charge is 0.317 e. The van der Waals surface area contributed by atoms with Crippen molar-refractivity contribution in [2.24, 2.45) is 5.92 Å². The second-order valence-corrected chi connectivity index (χ2v) is 6.84. The number of thiophene rings is 1. The van der Waals surface area contributed by atoms with Crippen molar-refractivity contribution in [1.82, 2.24) is 15.4 Å². The fourth-order valence-electron chi connectivity index (χ4n) is 2.69. The molecule has 0 saturated carbocycles. The lowest BCUT2D eigenvalue weighted by atomic mass is 9.96. The Kier molecular flexibility index (Phi) is 5.14. The van der Waals surface area contributed by atoms with Crippen molar-refractivity contribution < 1.29 is 14.1 Å². The maximum absolute atomic E-state index is 12.2. The lowest BCUT2D eigenvalue weighted by Crippen LogP contribution is -2.45. The Morgan fingerprint density at radius 1 is 1.42 bits per heavy atom. The van der Waals surface area contributed by atoms with Crippen LogP contribution >= 0.6 is 11.3 Å². The molecule has 0 atom stereocenters. The summed E-state index contributed by atoms with van der Waals surface area (Å²) in [5.41, 5.74) is 0. The summed E-state index contributed by atoms with van der Waals surface area (Å²) in [5, 5.41) is 11.4. The Morgan fingerprint density at radius 2 is 2.21 bits per heavy atom. The summed E-state index contributed by atoms with van der Waals surface area (Å²) < 4.78 is 4.93. The van der Waals surface area contributed by atoms with Gasteiger partial charge in [0, 0.05) is 30.0 Å². The first-order valence-corrected chi connectivity index (χ1v) is 8.79. The highest BCUT2D eigenvalue weighted by atomic mass is 32.1. The van der Waals surface area contributed by atoms with E-state index >= 15 is 0 Å². The molecule has 3 amide bonds. The third kappa shape index (κ3) is 4.14. The Hall–Kier alpha value is -2.35. The zero-order chi connectivity index (χ0) is 16.9. The largest absolute Gasteiger partial charge is 0.360 e. The predicted octanol–water partition coefficient (Wildman–Crippen LogP) is 2.60. The molecule has 24 heavy (non-hydrogen) atoms. The Balaban J connectivity index is 1.43. The number of likely N-dealkylation sites (tertiary alicyclic amines) is 1. The SMILES string of the molecule is Cc1cc(NC(=O)C2CCN(C(=O)NCc3cccs3)CC2)no1. The van der Waals surface area contributed by atoms with Gasteiger partial charge in [0.05, 0.1) is 6.54 Å². The van der Waals surface area contributed by atoms with E-state index in [1.807, 2.05) is 17.5 Å². The molecule has 0 unspecified atom stereocenters. The molecule has 1 saturated heterocycles. The van der Waals surface area contributed by atoms with Crippen LogP contribution in [0.15, 0.2) is 28.1 Å². The number of carbonyl (C=O) groups excluding carboxylic acids is 2. The molecule has 2 aromatic rings. The van der Waals surface area contributed by atoms with Gasteiger partial charge in [-0.15, -0.1) is 11.3 Å². The van der Waals surface area contributed by atoms with Crippen molar-refractivity contribution in [3.63, 3.8) is 0 Å². The molecule has 2 aromatic heterocycles. The Labute approximate surface area is 144 Å². The van der Waals surface area contributed by atoms with Crippen LogP contribution in [0.5, 0.6) is 0 Å². The van der Waals surface area contributed by atoms with Crippen molar-refractivity contribution in [2.75, 3.05) is 18.4 Å². The van der Waals surface area contributed by atoms with Gasteiger partial charge in [-0.25, -0.2) is 4.79 Å². The number of aromatic nitrogens is 1. The summed E-state index contributed by atoms with van der Waals surface area (Å²) in [5.74, 6) is 0.918. The highest BCUT2D eigenvalue weighted by Crippen LogP contribution is 2.19. The minimum Gasteiger partial charge on any atom is -0.360 e. The highest BCUT2D eigenvalue weighted by Gasteiger charge is 2.27. The number of rotatable bonds is 4. The number of urea groups is 1. The molecular weight excluding hydrogens is 328 g/mol. The molecule has 1 fully saturated rings. The number of hydrogen-bond acceptors (Lipinski definition) is 5. The van der Waals surface area contributed by atoms with Crippen molar-refractivity contribution in [3.8, 4) is 0 Å². The second-order valence-electron chi connectivity index (χ2n) is 5.81. The van der Waals surface area contributed by atoms with Crippen LogP contribution in [-0.4, -0.2) is 35.1 Å². The molecule has 0 bridgehead atoms. The van der Waals surface area contributed by atoms with Crippen LogP contribution in [0.3, 0.4) is 0 Å². The molecule has 8 heteroatoms. The number of aryl methyl sites for hydroxylation is 1. The quantitative estimate of drug-likeness (QED) is 0.889. The molecule has 1 aliphatic heterocycles. The van der Waals surface area contributed by atoms with E-state index < -0.39 is 0 Å². The molecule has 3 rings (SSSR count). The molecule has 1 aliphatic rings. The van der Waals surface area contributed by atoms with Crippen LogP contribution in [-0.2, 0) is 11.3 Å². The minimum absolute atomic E-state index is 0.0676.